The van der Waals surface area contributed by atoms with E-state index >= 15 is 0 Å². The molecular formula is C7H7N3O. The molecule has 11 heavy (non-hydrogen) atoms. The van der Waals surface area contributed by atoms with Crippen LogP contribution in [0.2, 0.25) is 0 Å². The average Bonchev–Trinajstić information content (AvgIpc) is 2.33. The molecule has 2 rings (SSSR count). The van der Waals surface area contributed by atoms with Gasteiger partial charge in [0.1, 0.15) is 0 Å². The van der Waals surface area contributed by atoms with Crippen molar-refractivity contribution in [3.05, 3.63) is 34.2 Å². The number of aromatic amines is 1. The van der Waals surface area contributed by atoms with Crippen LogP contribution in [0.15, 0.2) is 23.1 Å². The SMILES string of the molecule is Cc1n[nH]n2ccc(=O)cc12. The Bertz CT molecular complexity index is 440. The van der Waals surface area contributed by atoms with Crippen molar-refractivity contribution in [2.75, 3.05) is 0 Å². The van der Waals surface area contributed by atoms with Gasteiger partial charge >= 0.3 is 0 Å². The number of nitrogens with zero attached hydrogens (tertiary/aromatic N) is 2. The second-order valence-corrected chi connectivity index (χ2v) is 2.41. The molecule has 0 bridgehead atoms. The third kappa shape index (κ3) is 0.832. The summed E-state index contributed by atoms with van der Waals surface area (Å²) in [6.45, 7) is 1.85. The van der Waals surface area contributed by atoms with Crippen LogP contribution in [-0.4, -0.2) is 14.8 Å². The van der Waals surface area contributed by atoms with Gasteiger partial charge in [0.15, 0.2) is 5.43 Å². The Balaban J connectivity index is 2.98. The second kappa shape index (κ2) is 1.95. The lowest BCUT2D eigenvalue weighted by molar-refractivity contribution is 0.848. The molecule has 0 aromatic carbocycles. The third-order valence-electron chi connectivity index (χ3n) is 1.62. The molecule has 0 spiro atoms. The number of pyridine rings is 1. The fourth-order valence-corrected chi connectivity index (χ4v) is 1.03. The van der Waals surface area contributed by atoms with Gasteiger partial charge < -0.3 is 0 Å². The second-order valence-electron chi connectivity index (χ2n) is 2.41. The molecule has 0 atom stereocenters. The standard InChI is InChI=1S/C7H7N3O/c1-5-7-4-6(11)2-3-10(7)9-8-5/h2-4,9H,1H3. The summed E-state index contributed by atoms with van der Waals surface area (Å²) in [5.41, 5.74) is 1.68. The summed E-state index contributed by atoms with van der Waals surface area (Å²) in [5, 5.41) is 6.68. The van der Waals surface area contributed by atoms with Crippen LogP contribution in [0.3, 0.4) is 0 Å². The number of nitrogens with one attached hydrogen (secondary N) is 1. The van der Waals surface area contributed by atoms with Gasteiger partial charge in [-0.2, -0.15) is 5.10 Å². The molecule has 56 valence electrons. The highest BCUT2D eigenvalue weighted by atomic mass is 16.1. The van der Waals surface area contributed by atoms with E-state index in [1.165, 1.54) is 6.07 Å². The van der Waals surface area contributed by atoms with Crippen LogP contribution in [0.4, 0.5) is 0 Å². The van der Waals surface area contributed by atoms with Crippen LogP contribution in [0.5, 0.6) is 0 Å². The van der Waals surface area contributed by atoms with Crippen LogP contribution in [0.25, 0.3) is 5.52 Å². The van der Waals surface area contributed by atoms with Gasteiger partial charge in [0.25, 0.3) is 0 Å². The maximum Gasteiger partial charge on any atom is 0.182 e. The Labute approximate surface area is 62.5 Å². The first-order chi connectivity index (χ1) is 5.27. The zero-order valence-corrected chi connectivity index (χ0v) is 6.03. The molecule has 0 unspecified atom stereocenters. The predicted octanol–water partition coefficient (Wildman–Crippen LogP) is 0.331. The molecule has 4 nitrogen and oxygen atoms in total. The van der Waals surface area contributed by atoms with Crippen molar-refractivity contribution < 1.29 is 0 Å². The van der Waals surface area contributed by atoms with E-state index in [1.807, 2.05) is 6.92 Å². The Hall–Kier alpha value is -1.58. The number of hydrogen-bond donors (Lipinski definition) is 1. The highest BCUT2D eigenvalue weighted by Crippen LogP contribution is 2.00. The normalized spacial score (nSPS) is 10.6. The number of aryl methyl sites for hydroxylation is 1. The summed E-state index contributed by atoms with van der Waals surface area (Å²) in [4.78, 5) is 10.9. The quantitative estimate of drug-likeness (QED) is 0.586. The lowest BCUT2D eigenvalue weighted by Gasteiger charge is -1.88. The molecule has 2 heterocycles. The van der Waals surface area contributed by atoms with Gasteiger partial charge in [-0.25, -0.2) is 9.73 Å². The topological polar surface area (TPSA) is 50.2 Å². The zero-order valence-electron chi connectivity index (χ0n) is 6.03. The van der Waals surface area contributed by atoms with Gasteiger partial charge in [-0.05, 0) is 6.92 Å². The Morgan fingerprint density at radius 1 is 1.64 bits per heavy atom. The predicted molar refractivity (Wildman–Crippen MR) is 40.5 cm³/mol. The largest absolute Gasteiger partial charge is 0.290 e. The minimum Gasteiger partial charge on any atom is -0.290 e. The van der Waals surface area contributed by atoms with Crippen LogP contribution >= 0.6 is 0 Å². The van der Waals surface area contributed by atoms with Gasteiger partial charge in [-0.3, -0.25) is 4.79 Å². The molecule has 0 radical (unpaired) electrons. The summed E-state index contributed by atoms with van der Waals surface area (Å²) >= 11 is 0. The zero-order chi connectivity index (χ0) is 7.84. The monoisotopic (exact) mass is 149 g/mol. The van der Waals surface area contributed by atoms with Gasteiger partial charge in [0.2, 0.25) is 0 Å². The molecule has 0 aliphatic rings. The first-order valence-corrected chi connectivity index (χ1v) is 3.31. The summed E-state index contributed by atoms with van der Waals surface area (Å²) in [7, 11) is 0. The van der Waals surface area contributed by atoms with Crippen molar-refractivity contribution in [1.82, 2.24) is 14.8 Å². The van der Waals surface area contributed by atoms with E-state index in [2.05, 4.69) is 10.3 Å². The minimum absolute atomic E-state index is 0.00880. The van der Waals surface area contributed by atoms with Crippen molar-refractivity contribution in [3.8, 4) is 0 Å². The minimum atomic E-state index is 0.00880. The Morgan fingerprint density at radius 3 is 3.27 bits per heavy atom. The molecule has 2 aromatic rings. The van der Waals surface area contributed by atoms with Crippen molar-refractivity contribution >= 4 is 5.52 Å². The molecule has 0 saturated carbocycles. The molecule has 0 saturated heterocycles. The van der Waals surface area contributed by atoms with Crippen molar-refractivity contribution in [2.24, 2.45) is 0 Å². The molecule has 1 N–H and O–H groups in total. The van der Waals surface area contributed by atoms with E-state index in [1.54, 1.807) is 16.8 Å². The Kier molecular flexibility index (Phi) is 1.09. The van der Waals surface area contributed by atoms with Gasteiger partial charge in [-0.1, -0.05) is 0 Å². The van der Waals surface area contributed by atoms with Crippen LogP contribution in [0.1, 0.15) is 5.69 Å². The van der Waals surface area contributed by atoms with E-state index in [4.69, 9.17) is 0 Å². The van der Waals surface area contributed by atoms with E-state index in [0.29, 0.717) is 0 Å². The van der Waals surface area contributed by atoms with Gasteiger partial charge in [0.05, 0.1) is 11.2 Å². The lowest BCUT2D eigenvalue weighted by Crippen LogP contribution is -1.98. The molecule has 2 aromatic heterocycles. The number of aromatic nitrogens is 3. The van der Waals surface area contributed by atoms with Gasteiger partial charge in [0, 0.05) is 18.3 Å². The first-order valence-electron chi connectivity index (χ1n) is 3.31. The fourth-order valence-electron chi connectivity index (χ4n) is 1.03. The first kappa shape index (κ1) is 6.15. The number of hydrogen-bond acceptors (Lipinski definition) is 2. The van der Waals surface area contributed by atoms with Crippen LogP contribution in [-0.2, 0) is 0 Å². The highest BCUT2D eigenvalue weighted by Gasteiger charge is 1.97. The highest BCUT2D eigenvalue weighted by molar-refractivity contribution is 5.49. The summed E-state index contributed by atoms with van der Waals surface area (Å²) < 4.78 is 1.71. The molecular weight excluding hydrogens is 142 g/mol. The fraction of sp³-hybridized carbons (Fsp3) is 0.143. The Morgan fingerprint density at radius 2 is 2.45 bits per heavy atom. The van der Waals surface area contributed by atoms with Crippen molar-refractivity contribution in [3.63, 3.8) is 0 Å². The van der Waals surface area contributed by atoms with E-state index in [0.717, 1.165) is 11.2 Å². The molecule has 0 aliphatic carbocycles. The van der Waals surface area contributed by atoms with Crippen molar-refractivity contribution in [2.45, 2.75) is 6.92 Å². The van der Waals surface area contributed by atoms with E-state index in [9.17, 15) is 4.79 Å². The summed E-state index contributed by atoms with van der Waals surface area (Å²) in [5.74, 6) is 0. The van der Waals surface area contributed by atoms with Crippen LogP contribution in [0, 0.1) is 6.92 Å². The maximum absolute atomic E-state index is 10.9. The summed E-state index contributed by atoms with van der Waals surface area (Å²) in [6.07, 6.45) is 1.66. The number of fused-ring (bicyclic) bond motifs is 1. The van der Waals surface area contributed by atoms with E-state index < -0.39 is 0 Å². The smallest absolute Gasteiger partial charge is 0.182 e. The summed E-state index contributed by atoms with van der Waals surface area (Å²) in [6, 6.07) is 3.05. The van der Waals surface area contributed by atoms with Gasteiger partial charge in [-0.15, -0.1) is 0 Å². The molecule has 4 heteroatoms. The molecule has 0 fully saturated rings. The lowest BCUT2D eigenvalue weighted by atomic mass is 10.3. The van der Waals surface area contributed by atoms with Crippen molar-refractivity contribution in [1.29, 1.82) is 0 Å². The molecule has 0 aliphatic heterocycles. The third-order valence-corrected chi connectivity index (χ3v) is 1.62. The maximum atomic E-state index is 10.9. The van der Waals surface area contributed by atoms with E-state index in [-0.39, 0.29) is 5.43 Å². The molecule has 0 amide bonds. The average molecular weight is 149 g/mol. The number of H-pyrrole nitrogens is 1. The number of rotatable bonds is 0. The van der Waals surface area contributed by atoms with Crippen LogP contribution < -0.4 is 5.43 Å².